The quantitative estimate of drug-likeness (QED) is 0.582. The first-order valence-corrected chi connectivity index (χ1v) is 11.6. The lowest BCUT2D eigenvalue weighted by molar-refractivity contribution is -0.155. The molecule has 1 aliphatic carbocycles. The van der Waals surface area contributed by atoms with Crippen molar-refractivity contribution in [3.05, 3.63) is 35.9 Å². The van der Waals surface area contributed by atoms with E-state index >= 15 is 0 Å². The molecule has 3 rings (SSSR count). The van der Waals surface area contributed by atoms with Gasteiger partial charge in [-0.1, -0.05) is 30.3 Å². The molecule has 1 saturated heterocycles. The number of ketones is 1. The monoisotopic (exact) mass is 458 g/mol. The molecule has 1 aromatic carbocycles. The minimum Gasteiger partial charge on any atom is -0.465 e. The van der Waals surface area contributed by atoms with E-state index in [1.165, 1.54) is 6.92 Å². The smallest absolute Gasteiger partial charge is 0.410 e. The van der Waals surface area contributed by atoms with Crippen LogP contribution in [0.15, 0.2) is 30.3 Å². The van der Waals surface area contributed by atoms with Crippen LogP contribution in [0.4, 0.5) is 4.79 Å². The molecule has 1 aromatic rings. The summed E-state index contributed by atoms with van der Waals surface area (Å²) in [5.74, 6) is -0.332. The molecule has 2 fully saturated rings. The summed E-state index contributed by atoms with van der Waals surface area (Å²) >= 11 is 0. The number of carbonyl (C=O) groups is 4. The highest BCUT2D eigenvalue weighted by Gasteiger charge is 2.43. The Hall–Kier alpha value is -2.90. The largest absolute Gasteiger partial charge is 0.465 e. The molecule has 180 valence electrons. The van der Waals surface area contributed by atoms with Crippen LogP contribution in [0.25, 0.3) is 0 Å². The summed E-state index contributed by atoms with van der Waals surface area (Å²) in [7, 11) is 0. The van der Waals surface area contributed by atoms with Gasteiger partial charge in [-0.2, -0.15) is 0 Å². The molecule has 0 unspecified atom stereocenters. The number of nitrogens with zero attached hydrogens (tertiary/aromatic N) is 2. The maximum Gasteiger partial charge on any atom is 0.410 e. The molecule has 8 heteroatoms. The van der Waals surface area contributed by atoms with E-state index in [-0.39, 0.29) is 37.0 Å². The Morgan fingerprint density at radius 3 is 2.33 bits per heavy atom. The number of Topliss-reactive ketones (excluding diaryl/α,β-unsaturated/α-hetero) is 1. The Balaban J connectivity index is 1.68. The van der Waals surface area contributed by atoms with Gasteiger partial charge in [0, 0.05) is 38.9 Å². The van der Waals surface area contributed by atoms with Crippen molar-refractivity contribution < 1.29 is 28.7 Å². The highest BCUT2D eigenvalue weighted by molar-refractivity contribution is 5.84. The zero-order valence-corrected chi connectivity index (χ0v) is 19.7. The van der Waals surface area contributed by atoms with Crippen LogP contribution < -0.4 is 0 Å². The number of hydrogen-bond acceptors (Lipinski definition) is 6. The fourth-order valence-corrected chi connectivity index (χ4v) is 4.47. The van der Waals surface area contributed by atoms with Crippen LogP contribution in [0.3, 0.4) is 0 Å². The zero-order chi connectivity index (χ0) is 24.0. The molecule has 2 aliphatic rings. The average molecular weight is 459 g/mol. The second-order valence-electron chi connectivity index (χ2n) is 9.58. The van der Waals surface area contributed by atoms with E-state index in [1.807, 2.05) is 35.2 Å². The summed E-state index contributed by atoms with van der Waals surface area (Å²) in [6, 6.07) is 9.25. The van der Waals surface area contributed by atoms with Gasteiger partial charge in [-0.3, -0.25) is 14.4 Å². The molecular weight excluding hydrogens is 424 g/mol. The molecule has 0 N–H and O–H groups in total. The van der Waals surface area contributed by atoms with E-state index in [0.29, 0.717) is 45.2 Å². The van der Waals surface area contributed by atoms with Crippen molar-refractivity contribution in [2.24, 2.45) is 5.41 Å². The fourth-order valence-electron chi connectivity index (χ4n) is 4.47. The summed E-state index contributed by atoms with van der Waals surface area (Å²) < 4.78 is 10.6. The van der Waals surface area contributed by atoms with E-state index in [1.54, 1.807) is 18.7 Å². The van der Waals surface area contributed by atoms with E-state index in [9.17, 15) is 19.2 Å². The van der Waals surface area contributed by atoms with Crippen molar-refractivity contribution >= 4 is 23.8 Å². The number of hydrogen-bond donors (Lipinski definition) is 0. The van der Waals surface area contributed by atoms with Crippen LogP contribution in [0.1, 0.15) is 58.4 Å². The van der Waals surface area contributed by atoms with Crippen LogP contribution in [0, 0.1) is 5.41 Å². The standard InChI is InChI=1S/C25H34N2O6/c1-18(28)33-17-25(2,3)23(30)27(20-9-11-22(29)12-10-20)21-13-14-26(15-21)24(31)32-16-19-7-5-4-6-8-19/h4-8,20-21H,9-17H2,1-3H3/t21-/m0/s1. The fraction of sp³-hybridized carbons (Fsp3) is 0.600. The molecule has 0 aromatic heterocycles. The number of rotatable bonds is 7. The van der Waals surface area contributed by atoms with Crippen molar-refractivity contribution in [3.63, 3.8) is 0 Å². The Morgan fingerprint density at radius 2 is 1.70 bits per heavy atom. The van der Waals surface area contributed by atoms with Gasteiger partial charge < -0.3 is 19.3 Å². The average Bonchev–Trinajstić information content (AvgIpc) is 3.28. The molecule has 8 nitrogen and oxygen atoms in total. The second-order valence-corrected chi connectivity index (χ2v) is 9.58. The van der Waals surface area contributed by atoms with E-state index in [2.05, 4.69) is 0 Å². The molecule has 2 amide bonds. The normalized spacial score (nSPS) is 19.3. The third-order valence-corrected chi connectivity index (χ3v) is 6.38. The van der Waals surface area contributed by atoms with E-state index < -0.39 is 17.5 Å². The number of carbonyl (C=O) groups excluding carboxylic acids is 4. The number of benzene rings is 1. The Bertz CT molecular complexity index is 859. The Labute approximate surface area is 195 Å². The van der Waals surface area contributed by atoms with Crippen molar-refractivity contribution in [2.75, 3.05) is 19.7 Å². The lowest BCUT2D eigenvalue weighted by Gasteiger charge is -2.42. The summed E-state index contributed by atoms with van der Waals surface area (Å²) in [6.45, 7) is 5.91. The molecular formula is C25H34N2O6. The Morgan fingerprint density at radius 1 is 1.03 bits per heavy atom. The molecule has 1 saturated carbocycles. The van der Waals surface area contributed by atoms with Crippen molar-refractivity contribution in [1.29, 1.82) is 0 Å². The molecule has 0 radical (unpaired) electrons. The summed E-state index contributed by atoms with van der Waals surface area (Å²) in [6.07, 6.45) is 2.38. The van der Waals surface area contributed by atoms with Gasteiger partial charge in [-0.25, -0.2) is 4.79 Å². The first kappa shape index (κ1) is 24.7. The second kappa shape index (κ2) is 10.8. The molecule has 0 bridgehead atoms. The van der Waals surface area contributed by atoms with Crippen molar-refractivity contribution in [1.82, 2.24) is 9.80 Å². The van der Waals surface area contributed by atoms with Gasteiger partial charge >= 0.3 is 12.1 Å². The van der Waals surface area contributed by atoms with Crippen LogP contribution in [0.2, 0.25) is 0 Å². The van der Waals surface area contributed by atoms with Gasteiger partial charge in [0.25, 0.3) is 0 Å². The highest BCUT2D eigenvalue weighted by atomic mass is 16.6. The third-order valence-electron chi connectivity index (χ3n) is 6.38. The molecule has 0 spiro atoms. The highest BCUT2D eigenvalue weighted by Crippen LogP contribution is 2.31. The minimum absolute atomic E-state index is 0.0150. The maximum absolute atomic E-state index is 13.6. The molecule has 33 heavy (non-hydrogen) atoms. The number of amides is 2. The predicted molar refractivity (Wildman–Crippen MR) is 121 cm³/mol. The molecule has 1 aliphatic heterocycles. The van der Waals surface area contributed by atoms with E-state index in [0.717, 1.165) is 5.56 Å². The maximum atomic E-state index is 13.6. The number of ether oxygens (including phenoxy) is 2. The van der Waals surface area contributed by atoms with Gasteiger partial charge in [-0.15, -0.1) is 0 Å². The third kappa shape index (κ3) is 6.55. The first-order valence-electron chi connectivity index (χ1n) is 11.6. The van der Waals surface area contributed by atoms with Gasteiger partial charge in [-0.05, 0) is 38.7 Å². The van der Waals surface area contributed by atoms with Gasteiger partial charge in [0.05, 0.1) is 11.5 Å². The first-order chi connectivity index (χ1) is 15.7. The van der Waals surface area contributed by atoms with Crippen molar-refractivity contribution in [2.45, 2.75) is 71.6 Å². The minimum atomic E-state index is -0.908. The van der Waals surface area contributed by atoms with E-state index in [4.69, 9.17) is 9.47 Å². The van der Waals surface area contributed by atoms with Gasteiger partial charge in [0.2, 0.25) is 5.91 Å². The van der Waals surface area contributed by atoms with Crippen LogP contribution in [-0.2, 0) is 30.5 Å². The van der Waals surface area contributed by atoms with Crippen LogP contribution in [0.5, 0.6) is 0 Å². The van der Waals surface area contributed by atoms with Crippen LogP contribution >= 0.6 is 0 Å². The predicted octanol–water partition coefficient (Wildman–Crippen LogP) is 3.33. The van der Waals surface area contributed by atoms with Crippen LogP contribution in [-0.4, -0.2) is 65.3 Å². The summed E-state index contributed by atoms with van der Waals surface area (Å²) in [5.41, 5.74) is 0.00598. The molecule has 1 atom stereocenters. The SMILES string of the molecule is CC(=O)OCC(C)(C)C(=O)N(C1CCC(=O)CC1)[C@H]1CCN(C(=O)OCc2ccccc2)C1. The lowest BCUT2D eigenvalue weighted by atomic mass is 9.87. The van der Waals surface area contributed by atoms with Crippen molar-refractivity contribution in [3.8, 4) is 0 Å². The van der Waals surface area contributed by atoms with Gasteiger partial charge in [0.15, 0.2) is 0 Å². The number of likely N-dealkylation sites (tertiary alicyclic amines) is 1. The Kier molecular flexibility index (Phi) is 8.10. The summed E-state index contributed by atoms with van der Waals surface area (Å²) in [5, 5.41) is 0. The zero-order valence-electron chi connectivity index (χ0n) is 19.7. The number of esters is 1. The van der Waals surface area contributed by atoms with Gasteiger partial charge in [0.1, 0.15) is 19.0 Å². The lowest BCUT2D eigenvalue weighted by Crippen LogP contribution is -2.55. The topological polar surface area (TPSA) is 93.2 Å². The molecule has 1 heterocycles. The summed E-state index contributed by atoms with van der Waals surface area (Å²) in [4.78, 5) is 52.9.